The van der Waals surface area contributed by atoms with Gasteiger partial charge in [0, 0.05) is 0 Å². The van der Waals surface area contributed by atoms with Crippen molar-refractivity contribution in [3.63, 3.8) is 0 Å². The molecule has 4 aliphatic carbocycles. The second-order valence-electron chi connectivity index (χ2n) is 8.07. The van der Waals surface area contributed by atoms with Gasteiger partial charge in [-0.05, 0) is 90.5 Å². The fraction of sp³-hybridized carbons (Fsp3) is 0.455. The summed E-state index contributed by atoms with van der Waals surface area (Å²) in [6.45, 7) is 0. The van der Waals surface area contributed by atoms with E-state index in [4.69, 9.17) is 0 Å². The lowest BCUT2D eigenvalue weighted by molar-refractivity contribution is -0.00518. The Morgan fingerprint density at radius 2 is 1.41 bits per heavy atom. The van der Waals surface area contributed by atoms with Crippen LogP contribution < -0.4 is 0 Å². The van der Waals surface area contributed by atoms with Crippen LogP contribution in [0.2, 0.25) is 0 Å². The third kappa shape index (κ3) is 1.96. The van der Waals surface area contributed by atoms with Gasteiger partial charge in [-0.1, -0.05) is 42.5 Å². The molecule has 2 aromatic carbocycles. The molecule has 0 spiro atoms. The van der Waals surface area contributed by atoms with Crippen molar-refractivity contribution in [2.75, 3.05) is 0 Å². The molecular weight excluding hydrogens is 264 g/mol. The third-order valence-electron chi connectivity index (χ3n) is 6.58. The highest BCUT2D eigenvalue weighted by molar-refractivity contribution is 5.63. The highest BCUT2D eigenvalue weighted by atomic mass is 14.6. The van der Waals surface area contributed by atoms with E-state index in [0.717, 1.165) is 17.8 Å². The summed E-state index contributed by atoms with van der Waals surface area (Å²) in [7, 11) is 0. The van der Waals surface area contributed by atoms with Crippen LogP contribution in [-0.2, 0) is 5.41 Å². The first-order valence-corrected chi connectivity index (χ1v) is 8.88. The van der Waals surface area contributed by atoms with E-state index in [-0.39, 0.29) is 0 Å². The van der Waals surface area contributed by atoms with Gasteiger partial charge in [-0.25, -0.2) is 0 Å². The van der Waals surface area contributed by atoms with Crippen molar-refractivity contribution >= 4 is 0 Å². The maximum atomic E-state index is 3.18. The summed E-state index contributed by atoms with van der Waals surface area (Å²) < 4.78 is 0. The van der Waals surface area contributed by atoms with Gasteiger partial charge < -0.3 is 0 Å². The predicted octanol–water partition coefficient (Wildman–Crippen LogP) is 5.62. The van der Waals surface area contributed by atoms with Crippen molar-refractivity contribution in [3.05, 3.63) is 60.2 Å². The van der Waals surface area contributed by atoms with Crippen molar-refractivity contribution in [1.82, 2.24) is 0 Å². The van der Waals surface area contributed by atoms with Crippen molar-refractivity contribution in [3.8, 4) is 11.1 Å². The molecule has 4 bridgehead atoms. The molecule has 4 aliphatic rings. The van der Waals surface area contributed by atoms with Crippen LogP contribution in [0.15, 0.2) is 48.5 Å². The molecule has 0 nitrogen and oxygen atoms in total. The fourth-order valence-corrected chi connectivity index (χ4v) is 6.05. The molecule has 2 aromatic rings. The standard InChI is InChI=1S/C22H23/c1-2-4-19(5-3-1)20-6-8-21(9-7-20)22-13-16-10-17(14-22)12-18(11-16)15-22/h1-2,4-9,16-18H,10-15H2. The Kier molecular flexibility index (Phi) is 2.77. The summed E-state index contributed by atoms with van der Waals surface area (Å²) >= 11 is 0. The summed E-state index contributed by atoms with van der Waals surface area (Å²) in [4.78, 5) is 0. The summed E-state index contributed by atoms with van der Waals surface area (Å²) in [5.74, 6) is 3.07. The molecule has 0 heteroatoms. The smallest absolute Gasteiger partial charge is 0.00391 e. The van der Waals surface area contributed by atoms with Crippen LogP contribution in [0.1, 0.15) is 44.1 Å². The first-order valence-electron chi connectivity index (χ1n) is 8.88. The zero-order valence-corrected chi connectivity index (χ0v) is 13.1. The average Bonchev–Trinajstić information content (AvgIpc) is 2.55. The summed E-state index contributed by atoms with van der Waals surface area (Å²) in [6, 6.07) is 21.0. The maximum Gasteiger partial charge on any atom is -0.00391 e. The number of hydrogen-bond donors (Lipinski definition) is 0. The Labute approximate surface area is 133 Å². The Morgan fingerprint density at radius 1 is 0.773 bits per heavy atom. The van der Waals surface area contributed by atoms with Gasteiger partial charge >= 0.3 is 0 Å². The third-order valence-corrected chi connectivity index (χ3v) is 6.58. The quantitative estimate of drug-likeness (QED) is 0.672. The Balaban J connectivity index is 1.49. The van der Waals surface area contributed by atoms with E-state index in [1.54, 1.807) is 5.56 Å². The van der Waals surface area contributed by atoms with Gasteiger partial charge in [-0.2, -0.15) is 0 Å². The number of rotatable bonds is 2. The molecule has 4 fully saturated rings. The number of benzene rings is 2. The maximum absolute atomic E-state index is 3.18. The average molecular weight is 287 g/mol. The van der Waals surface area contributed by atoms with E-state index < -0.39 is 0 Å². The van der Waals surface area contributed by atoms with E-state index in [0.29, 0.717) is 5.41 Å². The van der Waals surface area contributed by atoms with Gasteiger partial charge in [-0.3, -0.25) is 0 Å². The lowest BCUT2D eigenvalue weighted by Gasteiger charge is -2.57. The molecule has 0 heterocycles. The lowest BCUT2D eigenvalue weighted by Crippen LogP contribution is -2.48. The van der Waals surface area contributed by atoms with Gasteiger partial charge in [0.05, 0.1) is 0 Å². The van der Waals surface area contributed by atoms with Crippen LogP contribution in [0.3, 0.4) is 0 Å². The van der Waals surface area contributed by atoms with Crippen LogP contribution in [0.5, 0.6) is 0 Å². The SMILES string of the molecule is [c]1cccc(-c2ccc(C34CC5CC(CC(C5)C3)C4)cc2)c1. The molecule has 0 atom stereocenters. The molecule has 6 rings (SSSR count). The Bertz CT molecular complexity index is 630. The minimum absolute atomic E-state index is 0.524. The van der Waals surface area contributed by atoms with E-state index in [9.17, 15) is 0 Å². The monoisotopic (exact) mass is 287 g/mol. The van der Waals surface area contributed by atoms with Gasteiger partial charge in [0.1, 0.15) is 0 Å². The van der Waals surface area contributed by atoms with Gasteiger partial charge in [0.25, 0.3) is 0 Å². The second-order valence-corrected chi connectivity index (χ2v) is 8.07. The van der Waals surface area contributed by atoms with Gasteiger partial charge in [-0.15, -0.1) is 0 Å². The van der Waals surface area contributed by atoms with Crippen molar-refractivity contribution in [2.45, 2.75) is 43.9 Å². The molecule has 22 heavy (non-hydrogen) atoms. The summed E-state index contributed by atoms with van der Waals surface area (Å²) in [5.41, 5.74) is 4.75. The molecule has 4 saturated carbocycles. The van der Waals surface area contributed by atoms with Crippen molar-refractivity contribution < 1.29 is 0 Å². The number of hydrogen-bond acceptors (Lipinski definition) is 0. The Morgan fingerprint density at radius 3 is 1.95 bits per heavy atom. The zero-order valence-electron chi connectivity index (χ0n) is 13.1. The van der Waals surface area contributed by atoms with Gasteiger partial charge in [0.2, 0.25) is 0 Å². The normalized spacial score (nSPS) is 35.7. The molecule has 0 saturated heterocycles. The van der Waals surface area contributed by atoms with Crippen LogP contribution in [0.4, 0.5) is 0 Å². The van der Waals surface area contributed by atoms with E-state index in [1.165, 1.54) is 49.7 Å². The van der Waals surface area contributed by atoms with E-state index >= 15 is 0 Å². The van der Waals surface area contributed by atoms with Crippen LogP contribution in [0.25, 0.3) is 11.1 Å². The van der Waals surface area contributed by atoms with Gasteiger partial charge in [0.15, 0.2) is 0 Å². The molecule has 0 aromatic heterocycles. The van der Waals surface area contributed by atoms with E-state index in [1.807, 2.05) is 6.07 Å². The van der Waals surface area contributed by atoms with Crippen molar-refractivity contribution in [1.29, 1.82) is 0 Å². The predicted molar refractivity (Wildman–Crippen MR) is 90.6 cm³/mol. The molecule has 1 radical (unpaired) electrons. The molecule has 0 unspecified atom stereocenters. The van der Waals surface area contributed by atoms with Crippen molar-refractivity contribution in [2.24, 2.45) is 17.8 Å². The summed E-state index contributed by atoms with van der Waals surface area (Å²) in [6.07, 6.45) is 8.94. The molecule has 0 N–H and O–H groups in total. The molecule has 0 aliphatic heterocycles. The minimum atomic E-state index is 0.524. The highest BCUT2D eigenvalue weighted by Gasteiger charge is 2.51. The molecule has 111 valence electrons. The topological polar surface area (TPSA) is 0 Å². The first-order chi connectivity index (χ1) is 10.8. The fourth-order valence-electron chi connectivity index (χ4n) is 6.05. The summed E-state index contributed by atoms with van der Waals surface area (Å²) in [5, 5.41) is 0. The molecule has 0 amide bonds. The highest BCUT2D eigenvalue weighted by Crippen LogP contribution is 2.60. The van der Waals surface area contributed by atoms with E-state index in [2.05, 4.69) is 48.5 Å². The zero-order chi connectivity index (χ0) is 14.6. The second kappa shape index (κ2) is 4.72. The minimum Gasteiger partial charge on any atom is -0.0610 e. The van der Waals surface area contributed by atoms with Crippen LogP contribution in [-0.4, -0.2) is 0 Å². The van der Waals surface area contributed by atoms with Crippen LogP contribution >= 0.6 is 0 Å². The first kappa shape index (κ1) is 12.9. The van der Waals surface area contributed by atoms with Crippen LogP contribution in [0, 0.1) is 23.8 Å². The largest absolute Gasteiger partial charge is 0.0610 e. The Hall–Kier alpha value is -1.56. The lowest BCUT2D eigenvalue weighted by atomic mass is 9.48. The molecular formula is C22H23.